The van der Waals surface area contributed by atoms with Crippen molar-refractivity contribution < 1.29 is 19.1 Å². The number of hydrogen-bond donors (Lipinski definition) is 3. The molecule has 5 N–H and O–H groups in total. The van der Waals surface area contributed by atoms with Gasteiger partial charge in [-0.3, -0.25) is 19.3 Å². The Kier molecular flexibility index (Phi) is 9.65. The molecular formula is C23H33N5O4S. The van der Waals surface area contributed by atoms with Crippen LogP contribution in [0.25, 0.3) is 0 Å². The molecule has 33 heavy (non-hydrogen) atoms. The van der Waals surface area contributed by atoms with Crippen LogP contribution in [-0.4, -0.2) is 41.8 Å². The molecule has 10 heteroatoms. The third-order valence-corrected chi connectivity index (χ3v) is 6.04. The van der Waals surface area contributed by atoms with E-state index in [4.69, 9.17) is 16.2 Å². The first kappa shape index (κ1) is 26.1. The lowest BCUT2D eigenvalue weighted by atomic mass is 10.0. The van der Waals surface area contributed by atoms with Gasteiger partial charge >= 0.3 is 0 Å². The number of benzene rings is 1. The van der Waals surface area contributed by atoms with Crippen molar-refractivity contribution in [3.8, 4) is 5.75 Å². The fraction of sp³-hybridized carbons (Fsp3) is 0.478. The Morgan fingerprint density at radius 2 is 1.91 bits per heavy atom. The average Bonchev–Trinajstić information content (AvgIpc) is 3.17. The molecule has 0 bridgehead atoms. The number of para-hydroxylation sites is 2. The number of amides is 3. The predicted octanol–water partition coefficient (Wildman–Crippen LogP) is 3.20. The second-order valence-corrected chi connectivity index (χ2v) is 8.89. The number of methoxy groups -OCH3 is 1. The average molecular weight is 476 g/mol. The highest BCUT2D eigenvalue weighted by Crippen LogP contribution is 2.34. The number of rotatable bonds is 12. The molecule has 0 aliphatic heterocycles. The summed E-state index contributed by atoms with van der Waals surface area (Å²) in [6.45, 7) is 6.67. The van der Waals surface area contributed by atoms with Gasteiger partial charge in [-0.2, -0.15) is 4.37 Å². The van der Waals surface area contributed by atoms with E-state index in [0.29, 0.717) is 30.3 Å². The number of nitrogen functional groups attached to an aromatic ring is 1. The predicted molar refractivity (Wildman–Crippen MR) is 131 cm³/mol. The van der Waals surface area contributed by atoms with Crippen molar-refractivity contribution in [1.29, 1.82) is 0 Å². The maximum absolute atomic E-state index is 13.8. The molecule has 0 fully saturated rings. The van der Waals surface area contributed by atoms with E-state index in [1.54, 1.807) is 24.3 Å². The van der Waals surface area contributed by atoms with Gasteiger partial charge in [0.15, 0.2) is 5.69 Å². The molecule has 0 aliphatic rings. The maximum Gasteiger partial charge on any atom is 0.272 e. The molecule has 1 heterocycles. The smallest absolute Gasteiger partial charge is 0.272 e. The number of ether oxygens (including phenoxy) is 1. The summed E-state index contributed by atoms with van der Waals surface area (Å²) >= 11 is 0.784. The zero-order chi connectivity index (χ0) is 24.5. The summed E-state index contributed by atoms with van der Waals surface area (Å²) in [7, 11) is 1.50. The van der Waals surface area contributed by atoms with Crippen LogP contribution in [0, 0.1) is 5.92 Å². The van der Waals surface area contributed by atoms with Crippen LogP contribution in [0.2, 0.25) is 0 Å². The Morgan fingerprint density at radius 1 is 1.21 bits per heavy atom. The second kappa shape index (κ2) is 12.2. The summed E-state index contributed by atoms with van der Waals surface area (Å²) in [6.07, 6.45) is 2.83. The molecule has 0 unspecified atom stereocenters. The number of nitrogens with two attached hydrogens (primary N) is 2. The van der Waals surface area contributed by atoms with Gasteiger partial charge in [0, 0.05) is 6.54 Å². The van der Waals surface area contributed by atoms with Crippen molar-refractivity contribution in [2.24, 2.45) is 11.7 Å². The van der Waals surface area contributed by atoms with E-state index < -0.39 is 17.9 Å². The van der Waals surface area contributed by atoms with Crippen LogP contribution in [0.1, 0.15) is 66.6 Å². The van der Waals surface area contributed by atoms with Crippen molar-refractivity contribution in [3.05, 3.63) is 34.8 Å². The van der Waals surface area contributed by atoms with Crippen molar-refractivity contribution in [1.82, 2.24) is 9.69 Å². The Balaban J connectivity index is 2.56. The molecule has 1 atom stereocenters. The number of carbonyl (C=O) groups is 3. The first-order valence-electron chi connectivity index (χ1n) is 11.0. The molecular weight excluding hydrogens is 442 g/mol. The van der Waals surface area contributed by atoms with E-state index in [9.17, 15) is 14.4 Å². The van der Waals surface area contributed by atoms with Gasteiger partial charge in [-0.1, -0.05) is 45.7 Å². The summed E-state index contributed by atoms with van der Waals surface area (Å²) in [5.74, 6) is -0.764. The summed E-state index contributed by atoms with van der Waals surface area (Å²) in [4.78, 5) is 40.2. The Hall–Kier alpha value is -3.14. The third kappa shape index (κ3) is 6.44. The van der Waals surface area contributed by atoms with E-state index in [0.717, 1.165) is 30.8 Å². The fourth-order valence-electron chi connectivity index (χ4n) is 3.36. The first-order chi connectivity index (χ1) is 15.7. The van der Waals surface area contributed by atoms with E-state index in [1.165, 1.54) is 12.0 Å². The minimum atomic E-state index is -0.819. The topological polar surface area (TPSA) is 141 Å². The molecule has 0 saturated carbocycles. The van der Waals surface area contributed by atoms with E-state index >= 15 is 0 Å². The van der Waals surface area contributed by atoms with E-state index in [2.05, 4.69) is 23.5 Å². The van der Waals surface area contributed by atoms with Crippen LogP contribution >= 0.6 is 11.5 Å². The van der Waals surface area contributed by atoms with E-state index in [-0.39, 0.29) is 22.2 Å². The normalized spacial score (nSPS) is 11.8. The molecule has 2 rings (SSSR count). The minimum Gasteiger partial charge on any atom is -0.495 e. The van der Waals surface area contributed by atoms with Crippen LogP contribution in [0.3, 0.4) is 0 Å². The van der Waals surface area contributed by atoms with Gasteiger partial charge in [0.1, 0.15) is 16.7 Å². The second-order valence-electron chi connectivity index (χ2n) is 8.12. The number of anilines is 2. The highest BCUT2D eigenvalue weighted by molar-refractivity contribution is 7.09. The van der Waals surface area contributed by atoms with Crippen molar-refractivity contribution in [2.75, 3.05) is 24.3 Å². The molecule has 3 amide bonds. The van der Waals surface area contributed by atoms with Crippen molar-refractivity contribution in [2.45, 2.75) is 52.5 Å². The molecule has 0 spiro atoms. The monoisotopic (exact) mass is 475 g/mol. The number of hydrogen-bond acceptors (Lipinski definition) is 7. The first-order valence-corrected chi connectivity index (χ1v) is 11.8. The molecule has 9 nitrogen and oxygen atoms in total. The Bertz CT molecular complexity index is 976. The SMILES string of the molecule is CCCC[C@@H](C(=O)NCCC(C)C)N(C(=O)c1snc(C(N)=O)c1N)c1ccccc1OC. The Morgan fingerprint density at radius 3 is 2.48 bits per heavy atom. The number of unbranched alkanes of at least 4 members (excludes halogenated alkanes) is 1. The quantitative estimate of drug-likeness (QED) is 0.430. The van der Waals surface area contributed by atoms with E-state index in [1.807, 2.05) is 6.92 Å². The van der Waals surface area contributed by atoms with Gasteiger partial charge in [-0.15, -0.1) is 0 Å². The zero-order valence-corrected chi connectivity index (χ0v) is 20.4. The summed E-state index contributed by atoms with van der Waals surface area (Å²) in [5, 5.41) is 2.96. The van der Waals surface area contributed by atoms with Gasteiger partial charge in [-0.05, 0) is 42.4 Å². The molecule has 1 aromatic heterocycles. The zero-order valence-electron chi connectivity index (χ0n) is 19.6. The number of nitrogens with zero attached hydrogens (tertiary/aromatic N) is 2. The van der Waals surface area contributed by atoms with Gasteiger partial charge < -0.3 is 21.5 Å². The Labute approximate surface area is 198 Å². The standard InChI is InChI=1S/C23H33N5O4S/c1-5-6-9-16(22(30)26-13-12-14(2)3)28(15-10-7-8-11-17(15)32-4)23(31)20-18(24)19(21(25)29)27-33-20/h7-8,10-11,14,16H,5-6,9,12-13,24H2,1-4H3,(H2,25,29)(H,26,30)/t16-/m0/s1. The molecule has 2 aromatic rings. The highest BCUT2D eigenvalue weighted by atomic mass is 32.1. The summed E-state index contributed by atoms with van der Waals surface area (Å²) < 4.78 is 9.44. The minimum absolute atomic E-state index is 0.0474. The number of carbonyl (C=O) groups excluding carboxylic acids is 3. The lowest BCUT2D eigenvalue weighted by Crippen LogP contribution is -2.50. The number of primary amides is 1. The van der Waals surface area contributed by atoms with Gasteiger partial charge in [-0.25, -0.2) is 0 Å². The lowest BCUT2D eigenvalue weighted by molar-refractivity contribution is -0.122. The molecule has 180 valence electrons. The van der Waals surface area contributed by atoms with Crippen molar-refractivity contribution in [3.63, 3.8) is 0 Å². The lowest BCUT2D eigenvalue weighted by Gasteiger charge is -2.32. The third-order valence-electron chi connectivity index (χ3n) is 5.19. The van der Waals surface area contributed by atoms with Crippen LogP contribution < -0.4 is 26.4 Å². The molecule has 0 radical (unpaired) electrons. The summed E-state index contributed by atoms with van der Waals surface area (Å²) in [5.41, 5.74) is 11.6. The fourth-order valence-corrected chi connectivity index (χ4v) is 4.11. The molecule has 0 saturated heterocycles. The molecule has 0 aliphatic carbocycles. The van der Waals surface area contributed by atoms with Crippen LogP contribution in [0.5, 0.6) is 5.75 Å². The van der Waals surface area contributed by atoms with Crippen LogP contribution in [0.15, 0.2) is 24.3 Å². The maximum atomic E-state index is 13.8. The van der Waals surface area contributed by atoms with Gasteiger partial charge in [0.25, 0.3) is 11.8 Å². The molecule has 1 aromatic carbocycles. The van der Waals surface area contributed by atoms with Crippen LogP contribution in [-0.2, 0) is 4.79 Å². The number of nitrogens with one attached hydrogen (secondary N) is 1. The largest absolute Gasteiger partial charge is 0.495 e. The van der Waals surface area contributed by atoms with Gasteiger partial charge in [0.2, 0.25) is 5.91 Å². The number of aromatic nitrogens is 1. The van der Waals surface area contributed by atoms with Crippen molar-refractivity contribution >= 4 is 40.6 Å². The van der Waals surface area contributed by atoms with Gasteiger partial charge in [0.05, 0.1) is 18.5 Å². The summed E-state index contributed by atoms with van der Waals surface area (Å²) in [6, 6.07) is 6.16. The van der Waals surface area contributed by atoms with Crippen LogP contribution in [0.4, 0.5) is 11.4 Å². The highest BCUT2D eigenvalue weighted by Gasteiger charge is 2.35.